The topological polar surface area (TPSA) is 75.6 Å². The number of hydrogen-bond donors (Lipinski definition) is 2. The number of aromatic carboxylic acids is 1. The monoisotopic (exact) mass is 369 g/mol. The van der Waals surface area contributed by atoms with E-state index in [1.165, 1.54) is 0 Å². The predicted octanol–water partition coefficient (Wildman–Crippen LogP) is 3.71. The Morgan fingerprint density at radius 1 is 1.04 bits per heavy atom. The Balaban J connectivity index is 1.72. The first-order valence-electron chi connectivity index (χ1n) is 9.25. The number of carbonyl (C=O) groups excluding carboxylic acids is 1. The van der Waals surface area contributed by atoms with E-state index in [9.17, 15) is 9.59 Å². The minimum atomic E-state index is -0.966. The molecule has 5 nitrogen and oxygen atoms in total. The van der Waals surface area contributed by atoms with Crippen molar-refractivity contribution in [2.45, 2.75) is 33.1 Å². The summed E-state index contributed by atoms with van der Waals surface area (Å²) in [6, 6.07) is 14.7. The van der Waals surface area contributed by atoms with Crippen LogP contribution in [0, 0.1) is 5.92 Å². The minimum absolute atomic E-state index is 0.0768. The first-order valence-corrected chi connectivity index (χ1v) is 9.25. The first kappa shape index (κ1) is 20.5. The number of hydrogen-bond acceptors (Lipinski definition) is 3. The van der Waals surface area contributed by atoms with Gasteiger partial charge in [0.05, 0.1) is 12.2 Å². The molecule has 27 heavy (non-hydrogen) atoms. The molecule has 2 N–H and O–H groups in total. The smallest absolute Gasteiger partial charge is 0.335 e. The Kier molecular flexibility index (Phi) is 7.86. The zero-order valence-electron chi connectivity index (χ0n) is 15.9. The SMILES string of the molecule is CC(C)COc1ccc(CCNC(=O)CCc2ccccc2C(=O)O)cc1. The average molecular weight is 369 g/mol. The predicted molar refractivity (Wildman–Crippen MR) is 105 cm³/mol. The van der Waals surface area contributed by atoms with Crippen LogP contribution in [0.15, 0.2) is 48.5 Å². The van der Waals surface area contributed by atoms with Crippen LogP contribution in [0.25, 0.3) is 0 Å². The quantitative estimate of drug-likeness (QED) is 0.669. The Hall–Kier alpha value is -2.82. The number of carbonyl (C=O) groups is 2. The summed E-state index contributed by atoms with van der Waals surface area (Å²) in [5.74, 6) is 0.301. The molecule has 2 rings (SSSR count). The highest BCUT2D eigenvalue weighted by Crippen LogP contribution is 2.14. The van der Waals surface area contributed by atoms with Gasteiger partial charge in [-0.05, 0) is 48.1 Å². The second-order valence-electron chi connectivity index (χ2n) is 6.91. The zero-order valence-corrected chi connectivity index (χ0v) is 15.9. The molecular weight excluding hydrogens is 342 g/mol. The molecule has 0 unspecified atom stereocenters. The Bertz CT molecular complexity index is 753. The van der Waals surface area contributed by atoms with E-state index in [2.05, 4.69) is 19.2 Å². The van der Waals surface area contributed by atoms with Crippen LogP contribution in [-0.2, 0) is 17.6 Å². The Morgan fingerprint density at radius 3 is 2.41 bits per heavy atom. The number of benzene rings is 2. The third kappa shape index (κ3) is 7.13. The summed E-state index contributed by atoms with van der Waals surface area (Å²) in [5, 5.41) is 12.1. The highest BCUT2D eigenvalue weighted by atomic mass is 16.5. The molecule has 0 aromatic heterocycles. The number of nitrogens with one attached hydrogen (secondary N) is 1. The summed E-state index contributed by atoms with van der Waals surface area (Å²) >= 11 is 0. The molecule has 0 spiro atoms. The minimum Gasteiger partial charge on any atom is -0.493 e. The molecule has 0 atom stereocenters. The Morgan fingerprint density at radius 2 is 1.74 bits per heavy atom. The van der Waals surface area contributed by atoms with E-state index in [0.717, 1.165) is 17.7 Å². The highest BCUT2D eigenvalue weighted by Gasteiger charge is 2.10. The van der Waals surface area contributed by atoms with Gasteiger partial charge < -0.3 is 15.2 Å². The standard InChI is InChI=1S/C22H27NO4/c1-16(2)15-27-19-10-7-17(8-11-19)13-14-23-21(24)12-9-18-5-3-4-6-20(18)22(25)26/h3-8,10-11,16H,9,12-15H2,1-2H3,(H,23,24)(H,25,26). The second-order valence-corrected chi connectivity index (χ2v) is 6.91. The normalized spacial score (nSPS) is 10.6. The largest absolute Gasteiger partial charge is 0.493 e. The summed E-state index contributed by atoms with van der Waals surface area (Å²) in [6.07, 6.45) is 1.42. The van der Waals surface area contributed by atoms with Crippen molar-refractivity contribution in [1.29, 1.82) is 0 Å². The van der Waals surface area contributed by atoms with Gasteiger partial charge in [-0.15, -0.1) is 0 Å². The van der Waals surface area contributed by atoms with Crippen LogP contribution in [0.2, 0.25) is 0 Å². The molecule has 144 valence electrons. The van der Waals surface area contributed by atoms with Gasteiger partial charge in [-0.2, -0.15) is 0 Å². The molecule has 5 heteroatoms. The van der Waals surface area contributed by atoms with Crippen LogP contribution >= 0.6 is 0 Å². The lowest BCUT2D eigenvalue weighted by Gasteiger charge is -2.10. The summed E-state index contributed by atoms with van der Waals surface area (Å²) < 4.78 is 5.65. The van der Waals surface area contributed by atoms with Gasteiger partial charge in [-0.3, -0.25) is 4.79 Å². The van der Waals surface area contributed by atoms with E-state index in [4.69, 9.17) is 9.84 Å². The molecule has 0 saturated carbocycles. The number of aryl methyl sites for hydroxylation is 1. The molecule has 0 aliphatic carbocycles. The lowest BCUT2D eigenvalue weighted by Crippen LogP contribution is -2.26. The summed E-state index contributed by atoms with van der Waals surface area (Å²) in [7, 11) is 0. The van der Waals surface area contributed by atoms with E-state index in [-0.39, 0.29) is 17.9 Å². The maximum Gasteiger partial charge on any atom is 0.335 e. The van der Waals surface area contributed by atoms with Gasteiger partial charge >= 0.3 is 5.97 Å². The molecule has 0 heterocycles. The van der Waals surface area contributed by atoms with Crippen molar-refractivity contribution in [2.75, 3.05) is 13.2 Å². The summed E-state index contributed by atoms with van der Waals surface area (Å²) in [5.41, 5.74) is 2.06. The van der Waals surface area contributed by atoms with Gasteiger partial charge in [-0.1, -0.05) is 44.2 Å². The van der Waals surface area contributed by atoms with Crippen LogP contribution in [-0.4, -0.2) is 30.1 Å². The van der Waals surface area contributed by atoms with Crippen molar-refractivity contribution >= 4 is 11.9 Å². The lowest BCUT2D eigenvalue weighted by atomic mass is 10.0. The number of carboxylic acid groups (broad SMARTS) is 1. The van der Waals surface area contributed by atoms with Crippen LogP contribution in [0.1, 0.15) is 41.8 Å². The van der Waals surface area contributed by atoms with Crippen molar-refractivity contribution in [3.63, 3.8) is 0 Å². The molecule has 0 radical (unpaired) electrons. The molecule has 0 bridgehead atoms. The molecule has 2 aromatic rings. The fourth-order valence-corrected chi connectivity index (χ4v) is 2.65. The second kappa shape index (κ2) is 10.4. The lowest BCUT2D eigenvalue weighted by molar-refractivity contribution is -0.121. The van der Waals surface area contributed by atoms with Crippen molar-refractivity contribution in [1.82, 2.24) is 5.32 Å². The summed E-state index contributed by atoms with van der Waals surface area (Å²) in [6.45, 7) is 5.46. The van der Waals surface area contributed by atoms with E-state index < -0.39 is 5.97 Å². The maximum absolute atomic E-state index is 12.0. The van der Waals surface area contributed by atoms with Crippen molar-refractivity contribution < 1.29 is 19.4 Å². The van der Waals surface area contributed by atoms with Gasteiger partial charge in [0.2, 0.25) is 5.91 Å². The average Bonchev–Trinajstić information content (AvgIpc) is 2.66. The van der Waals surface area contributed by atoms with Crippen LogP contribution in [0.4, 0.5) is 0 Å². The maximum atomic E-state index is 12.0. The fourth-order valence-electron chi connectivity index (χ4n) is 2.65. The van der Waals surface area contributed by atoms with Crippen LogP contribution < -0.4 is 10.1 Å². The highest BCUT2D eigenvalue weighted by molar-refractivity contribution is 5.89. The number of amides is 1. The summed E-state index contributed by atoms with van der Waals surface area (Å²) in [4.78, 5) is 23.2. The van der Waals surface area contributed by atoms with E-state index in [1.54, 1.807) is 24.3 Å². The van der Waals surface area contributed by atoms with E-state index in [0.29, 0.717) is 31.1 Å². The molecule has 0 aliphatic rings. The van der Waals surface area contributed by atoms with Crippen LogP contribution in [0.3, 0.4) is 0 Å². The van der Waals surface area contributed by atoms with Crippen molar-refractivity contribution in [3.05, 3.63) is 65.2 Å². The fraction of sp³-hybridized carbons (Fsp3) is 0.364. The van der Waals surface area contributed by atoms with E-state index in [1.807, 2.05) is 24.3 Å². The van der Waals surface area contributed by atoms with Gasteiger partial charge in [0.25, 0.3) is 0 Å². The number of ether oxygens (including phenoxy) is 1. The first-order chi connectivity index (χ1) is 13.0. The van der Waals surface area contributed by atoms with Gasteiger partial charge in [0.15, 0.2) is 0 Å². The molecule has 2 aromatic carbocycles. The molecular formula is C22H27NO4. The molecule has 0 fully saturated rings. The zero-order chi connectivity index (χ0) is 19.6. The van der Waals surface area contributed by atoms with Gasteiger partial charge in [-0.25, -0.2) is 4.79 Å². The van der Waals surface area contributed by atoms with Crippen molar-refractivity contribution in [2.24, 2.45) is 5.92 Å². The van der Waals surface area contributed by atoms with Crippen molar-refractivity contribution in [3.8, 4) is 5.75 Å². The number of rotatable bonds is 10. The van der Waals surface area contributed by atoms with Crippen LogP contribution in [0.5, 0.6) is 5.75 Å². The third-order valence-electron chi connectivity index (χ3n) is 4.11. The number of carboxylic acids is 1. The molecule has 0 aliphatic heterocycles. The molecule has 0 saturated heterocycles. The van der Waals surface area contributed by atoms with Gasteiger partial charge in [0.1, 0.15) is 5.75 Å². The third-order valence-corrected chi connectivity index (χ3v) is 4.11. The van der Waals surface area contributed by atoms with E-state index >= 15 is 0 Å². The Labute approximate surface area is 160 Å². The van der Waals surface area contributed by atoms with Gasteiger partial charge in [0, 0.05) is 13.0 Å². The molecule has 1 amide bonds.